The second-order valence-corrected chi connectivity index (χ2v) is 4.31. The zero-order valence-corrected chi connectivity index (χ0v) is 11.7. The van der Waals surface area contributed by atoms with E-state index in [1.54, 1.807) is 7.11 Å². The summed E-state index contributed by atoms with van der Waals surface area (Å²) in [4.78, 5) is 0. The molecule has 0 fully saturated rings. The lowest BCUT2D eigenvalue weighted by Gasteiger charge is -2.04. The Morgan fingerprint density at radius 2 is 1.50 bits per heavy atom. The molecule has 0 spiro atoms. The van der Waals surface area contributed by atoms with E-state index >= 15 is 0 Å². The van der Waals surface area contributed by atoms with Crippen LogP contribution in [-0.4, -0.2) is 7.11 Å². The molecule has 0 radical (unpaired) electrons. The average Bonchev–Trinajstić information content (AvgIpc) is 2.40. The lowest BCUT2D eigenvalue weighted by molar-refractivity contribution is 0.415. The SMILES string of the molecule is CCC.COc1cccc(-c2ccc(C)cc2)c1. The van der Waals surface area contributed by atoms with Crippen molar-refractivity contribution in [3.63, 3.8) is 0 Å². The standard InChI is InChI=1S/C14H14O.C3H8/c1-11-6-8-12(9-7-11)13-4-3-5-14(10-13)15-2;1-3-2/h3-10H,1-2H3;3H2,1-2H3. The molecule has 96 valence electrons. The highest BCUT2D eigenvalue weighted by molar-refractivity contribution is 5.65. The van der Waals surface area contributed by atoms with Crippen molar-refractivity contribution in [2.45, 2.75) is 27.2 Å². The van der Waals surface area contributed by atoms with Gasteiger partial charge in [0, 0.05) is 0 Å². The molecule has 1 nitrogen and oxygen atoms in total. The molecule has 0 saturated carbocycles. The van der Waals surface area contributed by atoms with Crippen LogP contribution in [0.1, 0.15) is 25.8 Å². The highest BCUT2D eigenvalue weighted by Crippen LogP contribution is 2.23. The van der Waals surface area contributed by atoms with Crippen LogP contribution in [0.3, 0.4) is 0 Å². The average molecular weight is 242 g/mol. The summed E-state index contributed by atoms with van der Waals surface area (Å²) in [5.74, 6) is 0.896. The molecule has 0 aliphatic rings. The molecule has 0 bridgehead atoms. The Labute approximate surface area is 110 Å². The molecule has 0 heterocycles. The minimum Gasteiger partial charge on any atom is -0.497 e. The maximum atomic E-state index is 5.20. The molecule has 2 rings (SSSR count). The largest absolute Gasteiger partial charge is 0.497 e. The van der Waals surface area contributed by atoms with Gasteiger partial charge in [-0.1, -0.05) is 62.2 Å². The van der Waals surface area contributed by atoms with Crippen molar-refractivity contribution in [1.29, 1.82) is 0 Å². The predicted molar refractivity (Wildman–Crippen MR) is 79.1 cm³/mol. The molecule has 0 aliphatic heterocycles. The summed E-state index contributed by atoms with van der Waals surface area (Å²) in [5, 5.41) is 0. The fourth-order valence-electron chi connectivity index (χ4n) is 1.55. The van der Waals surface area contributed by atoms with Gasteiger partial charge in [-0.3, -0.25) is 0 Å². The van der Waals surface area contributed by atoms with E-state index in [9.17, 15) is 0 Å². The summed E-state index contributed by atoms with van der Waals surface area (Å²) in [5.41, 5.74) is 3.69. The minimum atomic E-state index is 0.896. The van der Waals surface area contributed by atoms with Crippen LogP contribution in [0.15, 0.2) is 48.5 Å². The van der Waals surface area contributed by atoms with E-state index in [2.05, 4.69) is 51.1 Å². The predicted octanol–water partition coefficient (Wildman–Crippen LogP) is 5.09. The van der Waals surface area contributed by atoms with Gasteiger partial charge in [0.25, 0.3) is 0 Å². The van der Waals surface area contributed by atoms with Crippen LogP contribution < -0.4 is 4.74 Å². The molecule has 0 saturated heterocycles. The van der Waals surface area contributed by atoms with Crippen LogP contribution in [0.5, 0.6) is 5.75 Å². The summed E-state index contributed by atoms with van der Waals surface area (Å²) in [6, 6.07) is 16.6. The van der Waals surface area contributed by atoms with Gasteiger partial charge in [0.15, 0.2) is 0 Å². The quantitative estimate of drug-likeness (QED) is 0.713. The maximum absolute atomic E-state index is 5.20. The Balaban J connectivity index is 0.000000492. The number of ether oxygens (including phenoxy) is 1. The molecule has 18 heavy (non-hydrogen) atoms. The third-order valence-corrected chi connectivity index (χ3v) is 2.45. The summed E-state index contributed by atoms with van der Waals surface area (Å²) >= 11 is 0. The Kier molecular flexibility index (Phi) is 5.99. The number of rotatable bonds is 2. The van der Waals surface area contributed by atoms with Gasteiger partial charge in [0.1, 0.15) is 5.75 Å². The van der Waals surface area contributed by atoms with E-state index < -0.39 is 0 Å². The second-order valence-electron chi connectivity index (χ2n) is 4.31. The second kappa shape index (κ2) is 7.54. The smallest absolute Gasteiger partial charge is 0.119 e. The number of hydrogen-bond donors (Lipinski definition) is 0. The van der Waals surface area contributed by atoms with Gasteiger partial charge in [-0.25, -0.2) is 0 Å². The van der Waals surface area contributed by atoms with E-state index in [1.807, 2.05) is 18.2 Å². The first kappa shape index (κ1) is 14.3. The monoisotopic (exact) mass is 242 g/mol. The van der Waals surface area contributed by atoms with Gasteiger partial charge in [-0.2, -0.15) is 0 Å². The fourth-order valence-corrected chi connectivity index (χ4v) is 1.55. The molecular weight excluding hydrogens is 220 g/mol. The lowest BCUT2D eigenvalue weighted by Crippen LogP contribution is -1.83. The summed E-state index contributed by atoms with van der Waals surface area (Å²) in [6.45, 7) is 6.34. The van der Waals surface area contributed by atoms with Crippen LogP contribution >= 0.6 is 0 Å². The summed E-state index contributed by atoms with van der Waals surface area (Å²) < 4.78 is 5.20. The molecule has 0 aliphatic carbocycles. The number of methoxy groups -OCH3 is 1. The van der Waals surface area contributed by atoms with Crippen LogP contribution in [-0.2, 0) is 0 Å². The zero-order valence-electron chi connectivity index (χ0n) is 11.7. The van der Waals surface area contributed by atoms with Crippen molar-refractivity contribution in [3.05, 3.63) is 54.1 Å². The van der Waals surface area contributed by atoms with E-state index in [-0.39, 0.29) is 0 Å². The third-order valence-electron chi connectivity index (χ3n) is 2.45. The molecule has 2 aromatic rings. The van der Waals surface area contributed by atoms with Gasteiger partial charge >= 0.3 is 0 Å². The summed E-state index contributed by atoms with van der Waals surface area (Å²) in [6.07, 6.45) is 1.25. The molecular formula is C17H22O. The van der Waals surface area contributed by atoms with Crippen LogP contribution in [0.25, 0.3) is 11.1 Å². The molecule has 1 heteroatoms. The Hall–Kier alpha value is -1.76. The van der Waals surface area contributed by atoms with Crippen LogP contribution in [0.4, 0.5) is 0 Å². The number of benzene rings is 2. The van der Waals surface area contributed by atoms with E-state index in [4.69, 9.17) is 4.74 Å². The summed E-state index contributed by atoms with van der Waals surface area (Å²) in [7, 11) is 1.69. The minimum absolute atomic E-state index is 0.896. The molecule has 0 N–H and O–H groups in total. The lowest BCUT2D eigenvalue weighted by atomic mass is 10.0. The van der Waals surface area contributed by atoms with Crippen molar-refractivity contribution in [3.8, 4) is 16.9 Å². The fraction of sp³-hybridized carbons (Fsp3) is 0.294. The first-order chi connectivity index (χ1) is 8.71. The Bertz CT molecular complexity index is 457. The van der Waals surface area contributed by atoms with Crippen LogP contribution in [0, 0.1) is 6.92 Å². The van der Waals surface area contributed by atoms with Gasteiger partial charge in [0.2, 0.25) is 0 Å². The topological polar surface area (TPSA) is 9.23 Å². The highest BCUT2D eigenvalue weighted by Gasteiger charge is 1.98. The first-order valence-corrected chi connectivity index (χ1v) is 6.42. The van der Waals surface area contributed by atoms with Gasteiger partial charge in [-0.15, -0.1) is 0 Å². The Morgan fingerprint density at radius 3 is 2.06 bits per heavy atom. The van der Waals surface area contributed by atoms with Gasteiger partial charge in [-0.05, 0) is 30.2 Å². The molecule has 2 aromatic carbocycles. The number of hydrogen-bond acceptors (Lipinski definition) is 1. The zero-order chi connectivity index (χ0) is 13.4. The van der Waals surface area contributed by atoms with E-state index in [0.29, 0.717) is 0 Å². The van der Waals surface area contributed by atoms with E-state index in [0.717, 1.165) is 5.75 Å². The molecule has 0 amide bonds. The van der Waals surface area contributed by atoms with Crippen LogP contribution in [0.2, 0.25) is 0 Å². The number of aryl methyl sites for hydroxylation is 1. The van der Waals surface area contributed by atoms with Crippen molar-refractivity contribution in [1.82, 2.24) is 0 Å². The van der Waals surface area contributed by atoms with Crippen molar-refractivity contribution in [2.24, 2.45) is 0 Å². The van der Waals surface area contributed by atoms with Crippen molar-refractivity contribution in [2.75, 3.05) is 7.11 Å². The first-order valence-electron chi connectivity index (χ1n) is 6.42. The third kappa shape index (κ3) is 4.25. The van der Waals surface area contributed by atoms with E-state index in [1.165, 1.54) is 23.1 Å². The maximum Gasteiger partial charge on any atom is 0.119 e. The molecule has 0 aromatic heterocycles. The highest BCUT2D eigenvalue weighted by atomic mass is 16.5. The van der Waals surface area contributed by atoms with Crippen molar-refractivity contribution >= 4 is 0 Å². The van der Waals surface area contributed by atoms with Gasteiger partial charge in [0.05, 0.1) is 7.11 Å². The van der Waals surface area contributed by atoms with Gasteiger partial charge < -0.3 is 4.74 Å². The molecule has 0 atom stereocenters. The Morgan fingerprint density at radius 1 is 0.889 bits per heavy atom. The van der Waals surface area contributed by atoms with Crippen molar-refractivity contribution < 1.29 is 4.74 Å². The normalized spacial score (nSPS) is 9.33. The molecule has 0 unspecified atom stereocenters.